The van der Waals surface area contributed by atoms with Crippen molar-refractivity contribution < 1.29 is 8.42 Å². The lowest BCUT2D eigenvalue weighted by atomic mass is 10.5. The second-order valence-corrected chi connectivity index (χ2v) is 5.44. The lowest BCUT2D eigenvalue weighted by molar-refractivity contribution is 0.563. The third kappa shape index (κ3) is 2.73. The normalized spacial score (nSPS) is 20.8. The summed E-state index contributed by atoms with van der Waals surface area (Å²) in [6, 6.07) is 0.217. The van der Waals surface area contributed by atoms with E-state index in [0.717, 1.165) is 12.8 Å². The first kappa shape index (κ1) is 9.95. The predicted octanol–water partition coefficient (Wildman–Crippen LogP) is -0.324. The van der Waals surface area contributed by atoms with Gasteiger partial charge in [0.05, 0.1) is 5.25 Å². The van der Waals surface area contributed by atoms with Gasteiger partial charge in [0.15, 0.2) is 0 Å². The number of rotatable bonds is 5. The Morgan fingerprint density at radius 3 is 2.50 bits per heavy atom. The van der Waals surface area contributed by atoms with E-state index >= 15 is 0 Å². The highest BCUT2D eigenvalue weighted by molar-refractivity contribution is 7.90. The van der Waals surface area contributed by atoms with Crippen molar-refractivity contribution in [3.63, 3.8) is 0 Å². The monoisotopic (exact) mass is 192 g/mol. The minimum atomic E-state index is -3.07. The van der Waals surface area contributed by atoms with Crippen molar-refractivity contribution in [1.29, 1.82) is 0 Å². The Labute approximate surface area is 73.8 Å². The van der Waals surface area contributed by atoms with Gasteiger partial charge in [-0.3, -0.25) is 0 Å². The van der Waals surface area contributed by atoms with Crippen molar-refractivity contribution in [2.24, 2.45) is 0 Å². The van der Waals surface area contributed by atoms with Gasteiger partial charge >= 0.3 is 0 Å². The van der Waals surface area contributed by atoms with Gasteiger partial charge in [-0.25, -0.2) is 13.1 Å². The first-order valence-corrected chi connectivity index (χ1v) is 5.76. The maximum atomic E-state index is 11.4. The summed E-state index contributed by atoms with van der Waals surface area (Å²) in [7, 11) is -1.32. The predicted molar refractivity (Wildman–Crippen MR) is 48.5 cm³/mol. The molecule has 1 aliphatic carbocycles. The van der Waals surface area contributed by atoms with Crippen LogP contribution in [0.5, 0.6) is 0 Å². The molecule has 1 atom stereocenters. The molecule has 1 rings (SSSR count). The van der Waals surface area contributed by atoms with Crippen LogP contribution in [0.3, 0.4) is 0 Å². The Kier molecular flexibility index (Phi) is 3.09. The standard InChI is InChI=1S/C7H16N2O2S/c1-6(5-8-2)12(10,11)9-7-3-4-7/h6-9H,3-5H2,1-2H3. The SMILES string of the molecule is CNCC(C)S(=O)(=O)NC1CC1. The van der Waals surface area contributed by atoms with Crippen molar-refractivity contribution >= 4 is 10.0 Å². The molecule has 0 saturated heterocycles. The van der Waals surface area contributed by atoms with Crippen molar-refractivity contribution in [3.05, 3.63) is 0 Å². The van der Waals surface area contributed by atoms with Gasteiger partial charge in [-0.1, -0.05) is 0 Å². The first-order valence-electron chi connectivity index (χ1n) is 4.22. The van der Waals surface area contributed by atoms with Gasteiger partial charge in [-0.05, 0) is 26.8 Å². The van der Waals surface area contributed by atoms with Crippen LogP contribution in [0, 0.1) is 0 Å². The molecule has 4 nitrogen and oxygen atoms in total. The van der Waals surface area contributed by atoms with E-state index in [9.17, 15) is 8.42 Å². The topological polar surface area (TPSA) is 58.2 Å². The molecule has 0 bridgehead atoms. The third-order valence-corrected chi connectivity index (χ3v) is 3.82. The van der Waals surface area contributed by atoms with Gasteiger partial charge in [0.1, 0.15) is 0 Å². The molecule has 5 heteroatoms. The minimum absolute atomic E-state index is 0.217. The molecule has 1 fully saturated rings. The Hall–Kier alpha value is -0.130. The molecule has 0 aromatic carbocycles. The highest BCUT2D eigenvalue weighted by Crippen LogP contribution is 2.20. The highest BCUT2D eigenvalue weighted by Gasteiger charge is 2.29. The molecule has 1 saturated carbocycles. The molecule has 0 aliphatic heterocycles. The molecule has 12 heavy (non-hydrogen) atoms. The fraction of sp³-hybridized carbons (Fsp3) is 1.00. The van der Waals surface area contributed by atoms with Gasteiger partial charge < -0.3 is 5.32 Å². The molecule has 1 unspecified atom stereocenters. The van der Waals surface area contributed by atoms with Gasteiger partial charge in [0, 0.05) is 12.6 Å². The smallest absolute Gasteiger partial charge is 0.215 e. The molecular formula is C7H16N2O2S. The minimum Gasteiger partial charge on any atom is -0.318 e. The average molecular weight is 192 g/mol. The number of sulfonamides is 1. The van der Waals surface area contributed by atoms with Crippen LogP contribution in [0.15, 0.2) is 0 Å². The van der Waals surface area contributed by atoms with E-state index in [2.05, 4.69) is 10.0 Å². The molecule has 72 valence electrons. The van der Waals surface area contributed by atoms with Crippen LogP contribution >= 0.6 is 0 Å². The van der Waals surface area contributed by atoms with Crippen molar-refractivity contribution in [2.75, 3.05) is 13.6 Å². The van der Waals surface area contributed by atoms with Crippen molar-refractivity contribution in [2.45, 2.75) is 31.1 Å². The number of hydrogen-bond donors (Lipinski definition) is 2. The van der Waals surface area contributed by atoms with Crippen LogP contribution in [-0.4, -0.2) is 33.3 Å². The summed E-state index contributed by atoms with van der Waals surface area (Å²) in [4.78, 5) is 0. The van der Waals surface area contributed by atoms with Gasteiger partial charge in [-0.15, -0.1) is 0 Å². The Morgan fingerprint density at radius 1 is 1.50 bits per heavy atom. The summed E-state index contributed by atoms with van der Waals surface area (Å²) in [5, 5.41) is 2.50. The van der Waals surface area contributed by atoms with E-state index in [1.807, 2.05) is 0 Å². The summed E-state index contributed by atoms with van der Waals surface area (Å²) in [5.74, 6) is 0. The second kappa shape index (κ2) is 3.72. The van der Waals surface area contributed by atoms with Crippen LogP contribution in [-0.2, 0) is 10.0 Å². The Balaban J connectivity index is 2.44. The summed E-state index contributed by atoms with van der Waals surface area (Å²) < 4.78 is 25.5. The van der Waals surface area contributed by atoms with Crippen LogP contribution in [0.1, 0.15) is 19.8 Å². The Bertz CT molecular complexity index is 234. The molecular weight excluding hydrogens is 176 g/mol. The van der Waals surface area contributed by atoms with E-state index in [1.54, 1.807) is 14.0 Å². The van der Waals surface area contributed by atoms with Gasteiger partial charge in [0.2, 0.25) is 10.0 Å². The molecule has 0 amide bonds. The first-order chi connectivity index (χ1) is 5.56. The van der Waals surface area contributed by atoms with Crippen LogP contribution in [0.2, 0.25) is 0 Å². The zero-order valence-corrected chi connectivity index (χ0v) is 8.32. The lowest BCUT2D eigenvalue weighted by Crippen LogP contribution is -2.38. The summed E-state index contributed by atoms with van der Waals surface area (Å²) >= 11 is 0. The quantitative estimate of drug-likeness (QED) is 0.627. The molecule has 0 radical (unpaired) electrons. The largest absolute Gasteiger partial charge is 0.318 e. The van der Waals surface area contributed by atoms with E-state index in [4.69, 9.17) is 0 Å². The fourth-order valence-electron chi connectivity index (χ4n) is 0.947. The van der Waals surface area contributed by atoms with Gasteiger partial charge in [-0.2, -0.15) is 0 Å². The summed E-state index contributed by atoms with van der Waals surface area (Å²) in [5.41, 5.74) is 0. The second-order valence-electron chi connectivity index (χ2n) is 3.31. The zero-order valence-electron chi connectivity index (χ0n) is 7.50. The zero-order chi connectivity index (χ0) is 9.19. The maximum Gasteiger partial charge on any atom is 0.215 e. The van der Waals surface area contributed by atoms with Crippen LogP contribution in [0.25, 0.3) is 0 Å². The average Bonchev–Trinajstić information content (AvgIpc) is 2.71. The van der Waals surface area contributed by atoms with Crippen LogP contribution in [0.4, 0.5) is 0 Å². The van der Waals surface area contributed by atoms with Crippen LogP contribution < -0.4 is 10.0 Å². The summed E-state index contributed by atoms with van der Waals surface area (Å²) in [6.45, 7) is 2.21. The molecule has 1 aliphatic rings. The molecule has 0 aromatic rings. The molecule has 0 spiro atoms. The number of hydrogen-bond acceptors (Lipinski definition) is 3. The van der Waals surface area contributed by atoms with Crippen molar-refractivity contribution in [1.82, 2.24) is 10.0 Å². The van der Waals surface area contributed by atoms with E-state index in [-0.39, 0.29) is 11.3 Å². The Morgan fingerprint density at radius 2 is 2.08 bits per heavy atom. The maximum absolute atomic E-state index is 11.4. The number of nitrogens with one attached hydrogen (secondary N) is 2. The van der Waals surface area contributed by atoms with E-state index < -0.39 is 10.0 Å². The summed E-state index contributed by atoms with van der Waals surface area (Å²) in [6.07, 6.45) is 1.98. The molecule has 0 aromatic heterocycles. The fourth-order valence-corrected chi connectivity index (χ4v) is 2.27. The van der Waals surface area contributed by atoms with E-state index in [0.29, 0.717) is 6.54 Å². The van der Waals surface area contributed by atoms with Gasteiger partial charge in [0.25, 0.3) is 0 Å². The molecule has 2 N–H and O–H groups in total. The highest BCUT2D eigenvalue weighted by atomic mass is 32.2. The van der Waals surface area contributed by atoms with Crippen molar-refractivity contribution in [3.8, 4) is 0 Å². The third-order valence-electron chi connectivity index (χ3n) is 1.93. The van der Waals surface area contributed by atoms with E-state index in [1.165, 1.54) is 0 Å². The lowest BCUT2D eigenvalue weighted by Gasteiger charge is -2.12. The molecule has 0 heterocycles.